The first-order valence-corrected chi connectivity index (χ1v) is 8.01. The Kier molecular flexibility index (Phi) is 3.75. The van der Waals surface area contributed by atoms with Crippen LogP contribution in [0.4, 0.5) is 22.7 Å². The van der Waals surface area contributed by atoms with E-state index in [4.69, 9.17) is 5.73 Å². The maximum Gasteiger partial charge on any atom is 0.224 e. The maximum atomic E-state index is 11.5. The molecule has 0 saturated carbocycles. The summed E-state index contributed by atoms with van der Waals surface area (Å²) in [6, 6.07) is 12.0. The molecule has 0 fully saturated rings. The molecule has 5 heteroatoms. The molecule has 3 rings (SSSR count). The molecule has 0 aromatic heterocycles. The van der Waals surface area contributed by atoms with Crippen molar-refractivity contribution >= 4 is 40.4 Å². The van der Waals surface area contributed by atoms with Crippen molar-refractivity contribution in [2.24, 2.45) is 0 Å². The molecule has 1 aliphatic rings. The SMILES string of the molecule is CSc1cccc(Nc2cc3c(cc2N)CCC(=O)N3)c1. The maximum absolute atomic E-state index is 11.5. The van der Waals surface area contributed by atoms with Gasteiger partial charge < -0.3 is 16.4 Å². The summed E-state index contributed by atoms with van der Waals surface area (Å²) in [5, 5.41) is 6.22. The minimum Gasteiger partial charge on any atom is -0.397 e. The highest BCUT2D eigenvalue weighted by atomic mass is 32.2. The second-order valence-corrected chi connectivity index (χ2v) is 5.88. The zero-order valence-corrected chi connectivity index (χ0v) is 12.6. The molecule has 0 unspecified atom stereocenters. The number of carbonyl (C=O) groups excluding carboxylic acids is 1. The minimum atomic E-state index is 0.0580. The summed E-state index contributed by atoms with van der Waals surface area (Å²) in [5.74, 6) is 0.0580. The topological polar surface area (TPSA) is 67.1 Å². The van der Waals surface area contributed by atoms with Gasteiger partial charge in [-0.05, 0) is 48.6 Å². The summed E-state index contributed by atoms with van der Waals surface area (Å²) in [7, 11) is 0. The quantitative estimate of drug-likeness (QED) is 0.598. The van der Waals surface area contributed by atoms with Crippen molar-refractivity contribution in [3.05, 3.63) is 42.0 Å². The number of rotatable bonds is 3. The molecule has 0 saturated heterocycles. The standard InChI is InChI=1S/C16H17N3OS/c1-21-12-4-2-3-11(8-12)18-15-9-14-10(7-13(15)17)5-6-16(20)19-14/h2-4,7-9,18H,5-6,17H2,1H3,(H,19,20). The average Bonchev–Trinajstić information content (AvgIpc) is 2.49. The number of fused-ring (bicyclic) bond motifs is 1. The number of thioether (sulfide) groups is 1. The van der Waals surface area contributed by atoms with Gasteiger partial charge in [0.05, 0.1) is 11.4 Å². The van der Waals surface area contributed by atoms with Crippen LogP contribution in [0.2, 0.25) is 0 Å². The van der Waals surface area contributed by atoms with E-state index in [1.54, 1.807) is 11.8 Å². The van der Waals surface area contributed by atoms with Crippen molar-refractivity contribution in [1.29, 1.82) is 0 Å². The summed E-state index contributed by atoms with van der Waals surface area (Å²) in [6.07, 6.45) is 3.31. The fraction of sp³-hybridized carbons (Fsp3) is 0.188. The van der Waals surface area contributed by atoms with Gasteiger partial charge in [0.25, 0.3) is 0 Å². The van der Waals surface area contributed by atoms with Crippen LogP contribution in [0.15, 0.2) is 41.3 Å². The minimum absolute atomic E-state index is 0.0580. The van der Waals surface area contributed by atoms with Crippen molar-refractivity contribution in [2.75, 3.05) is 22.6 Å². The molecule has 1 aliphatic heterocycles. The third kappa shape index (κ3) is 2.97. The van der Waals surface area contributed by atoms with E-state index in [-0.39, 0.29) is 5.91 Å². The van der Waals surface area contributed by atoms with E-state index in [1.165, 1.54) is 4.90 Å². The van der Waals surface area contributed by atoms with Crippen molar-refractivity contribution in [3.63, 3.8) is 0 Å². The Morgan fingerprint density at radius 3 is 2.90 bits per heavy atom. The molecule has 0 spiro atoms. The van der Waals surface area contributed by atoms with E-state index in [0.29, 0.717) is 12.1 Å². The van der Waals surface area contributed by atoms with E-state index in [2.05, 4.69) is 22.8 Å². The van der Waals surface area contributed by atoms with Crippen LogP contribution in [-0.4, -0.2) is 12.2 Å². The van der Waals surface area contributed by atoms with Gasteiger partial charge in [-0.15, -0.1) is 11.8 Å². The van der Waals surface area contributed by atoms with Crippen molar-refractivity contribution in [2.45, 2.75) is 17.7 Å². The number of carbonyl (C=O) groups is 1. The Labute approximate surface area is 128 Å². The number of hydrogen-bond acceptors (Lipinski definition) is 4. The van der Waals surface area contributed by atoms with E-state index in [0.717, 1.165) is 29.0 Å². The molecule has 0 bridgehead atoms. The van der Waals surface area contributed by atoms with Gasteiger partial charge >= 0.3 is 0 Å². The number of nitrogens with two attached hydrogens (primary N) is 1. The number of amides is 1. The lowest BCUT2D eigenvalue weighted by Crippen LogP contribution is -2.19. The third-order valence-corrected chi connectivity index (χ3v) is 4.24. The molecule has 0 aliphatic carbocycles. The number of nitrogen functional groups attached to an aromatic ring is 1. The zero-order chi connectivity index (χ0) is 14.8. The van der Waals surface area contributed by atoms with E-state index in [1.807, 2.05) is 30.5 Å². The van der Waals surface area contributed by atoms with Crippen LogP contribution in [0, 0.1) is 0 Å². The second-order valence-electron chi connectivity index (χ2n) is 5.00. The molecule has 21 heavy (non-hydrogen) atoms. The average molecular weight is 299 g/mol. The van der Waals surface area contributed by atoms with Gasteiger partial charge in [-0.1, -0.05) is 6.07 Å². The van der Waals surface area contributed by atoms with Gasteiger partial charge in [0.2, 0.25) is 5.91 Å². The van der Waals surface area contributed by atoms with E-state index in [9.17, 15) is 4.79 Å². The molecule has 4 N–H and O–H groups in total. The molecular formula is C16H17N3OS. The Morgan fingerprint density at radius 2 is 2.10 bits per heavy atom. The number of hydrogen-bond donors (Lipinski definition) is 3. The fourth-order valence-electron chi connectivity index (χ4n) is 2.41. The van der Waals surface area contributed by atoms with Crippen molar-refractivity contribution < 1.29 is 4.79 Å². The molecular weight excluding hydrogens is 282 g/mol. The number of benzene rings is 2. The summed E-state index contributed by atoms with van der Waals surface area (Å²) < 4.78 is 0. The predicted molar refractivity (Wildman–Crippen MR) is 89.3 cm³/mol. The lowest BCUT2D eigenvalue weighted by atomic mass is 10.0. The monoisotopic (exact) mass is 299 g/mol. The lowest BCUT2D eigenvalue weighted by Gasteiger charge is -2.20. The van der Waals surface area contributed by atoms with Gasteiger partial charge in [0.15, 0.2) is 0 Å². The largest absolute Gasteiger partial charge is 0.397 e. The first-order valence-electron chi connectivity index (χ1n) is 6.79. The van der Waals surface area contributed by atoms with Gasteiger partial charge in [0, 0.05) is 22.7 Å². The molecule has 2 aromatic carbocycles. The molecule has 1 heterocycles. The van der Waals surface area contributed by atoms with Crippen molar-refractivity contribution in [1.82, 2.24) is 0 Å². The van der Waals surface area contributed by atoms with Crippen LogP contribution in [0.3, 0.4) is 0 Å². The summed E-state index contributed by atoms with van der Waals surface area (Å²) in [5.41, 5.74) is 10.6. The summed E-state index contributed by atoms with van der Waals surface area (Å²) >= 11 is 1.69. The Hall–Kier alpha value is -2.14. The van der Waals surface area contributed by atoms with Gasteiger partial charge in [-0.3, -0.25) is 4.79 Å². The van der Waals surface area contributed by atoms with E-state index >= 15 is 0 Å². The Bertz CT molecular complexity index is 700. The lowest BCUT2D eigenvalue weighted by molar-refractivity contribution is -0.116. The second kappa shape index (κ2) is 5.69. The highest BCUT2D eigenvalue weighted by Gasteiger charge is 2.16. The normalized spacial score (nSPS) is 13.5. The smallest absolute Gasteiger partial charge is 0.224 e. The summed E-state index contributed by atoms with van der Waals surface area (Å²) in [6.45, 7) is 0. The predicted octanol–water partition coefficient (Wildman–Crippen LogP) is 3.62. The zero-order valence-electron chi connectivity index (χ0n) is 11.8. The van der Waals surface area contributed by atoms with Gasteiger partial charge in [-0.2, -0.15) is 0 Å². The van der Waals surface area contributed by atoms with Crippen LogP contribution in [0.1, 0.15) is 12.0 Å². The summed E-state index contributed by atoms with van der Waals surface area (Å²) in [4.78, 5) is 12.7. The molecule has 1 amide bonds. The van der Waals surface area contributed by atoms with Crippen LogP contribution >= 0.6 is 11.8 Å². The highest BCUT2D eigenvalue weighted by molar-refractivity contribution is 7.98. The van der Waals surface area contributed by atoms with Crippen LogP contribution in [0.25, 0.3) is 0 Å². The Morgan fingerprint density at radius 1 is 1.24 bits per heavy atom. The van der Waals surface area contributed by atoms with Crippen LogP contribution in [0.5, 0.6) is 0 Å². The first kappa shape index (κ1) is 13.8. The Balaban J connectivity index is 1.91. The molecule has 4 nitrogen and oxygen atoms in total. The molecule has 0 radical (unpaired) electrons. The number of nitrogens with one attached hydrogen (secondary N) is 2. The molecule has 108 valence electrons. The van der Waals surface area contributed by atoms with Gasteiger partial charge in [-0.25, -0.2) is 0 Å². The number of aryl methyl sites for hydroxylation is 1. The molecule has 0 atom stereocenters. The van der Waals surface area contributed by atoms with Crippen LogP contribution < -0.4 is 16.4 Å². The highest BCUT2D eigenvalue weighted by Crippen LogP contribution is 2.33. The van der Waals surface area contributed by atoms with E-state index < -0.39 is 0 Å². The number of anilines is 4. The van der Waals surface area contributed by atoms with Crippen molar-refractivity contribution in [3.8, 4) is 0 Å². The fourth-order valence-corrected chi connectivity index (χ4v) is 2.87. The third-order valence-electron chi connectivity index (χ3n) is 3.52. The van der Waals surface area contributed by atoms with Crippen LogP contribution in [-0.2, 0) is 11.2 Å². The molecule has 2 aromatic rings. The first-order chi connectivity index (χ1) is 10.2. The van der Waals surface area contributed by atoms with Gasteiger partial charge in [0.1, 0.15) is 0 Å².